The number of nitrogens with zero attached hydrogens (tertiary/aromatic N) is 4. The number of benzene rings is 1. The van der Waals surface area contributed by atoms with E-state index in [-0.39, 0.29) is 36.6 Å². The summed E-state index contributed by atoms with van der Waals surface area (Å²) in [5.74, 6) is -0.285. The number of ether oxygens (including phenoxy) is 2. The monoisotopic (exact) mass is 414 g/mol. The predicted octanol–water partition coefficient (Wildman–Crippen LogP) is 1.10. The second-order valence-electron chi connectivity index (χ2n) is 8.19. The van der Waals surface area contributed by atoms with Crippen molar-refractivity contribution >= 4 is 28.5 Å². The fourth-order valence-corrected chi connectivity index (χ4v) is 4.85. The average Bonchev–Trinajstić information content (AvgIpc) is 3.37. The van der Waals surface area contributed by atoms with Crippen LogP contribution in [0.1, 0.15) is 32.1 Å². The number of piperidine rings is 2. The first-order chi connectivity index (χ1) is 14.6. The molecule has 3 saturated heterocycles. The molecule has 3 aliphatic heterocycles. The Morgan fingerprint density at radius 3 is 2.30 bits per heavy atom. The van der Waals surface area contributed by atoms with Gasteiger partial charge in [0.25, 0.3) is 0 Å². The first kappa shape index (κ1) is 19.3. The highest BCUT2D eigenvalue weighted by atomic mass is 16.7. The lowest BCUT2D eigenvalue weighted by Crippen LogP contribution is -2.52. The number of rotatable bonds is 3. The summed E-state index contributed by atoms with van der Waals surface area (Å²) in [4.78, 5) is 40.3. The Morgan fingerprint density at radius 2 is 1.63 bits per heavy atom. The molecule has 0 aliphatic carbocycles. The van der Waals surface area contributed by atoms with Gasteiger partial charge < -0.3 is 14.4 Å². The summed E-state index contributed by atoms with van der Waals surface area (Å²) in [5, 5.41) is 1.03. The van der Waals surface area contributed by atoms with E-state index < -0.39 is 0 Å². The average molecular weight is 414 g/mol. The van der Waals surface area contributed by atoms with Crippen molar-refractivity contribution in [2.24, 2.45) is 13.0 Å². The first-order valence-electron chi connectivity index (χ1n) is 10.6. The molecule has 9 heteroatoms. The summed E-state index contributed by atoms with van der Waals surface area (Å²) in [6.45, 7) is 2.98. The molecular formula is C21H26N4O5. The Morgan fingerprint density at radius 1 is 0.967 bits per heavy atom. The number of aryl methyl sites for hydroxylation is 1. The molecule has 3 fully saturated rings. The Kier molecular flexibility index (Phi) is 4.86. The van der Waals surface area contributed by atoms with E-state index in [1.165, 1.54) is 9.24 Å². The van der Waals surface area contributed by atoms with Crippen LogP contribution in [0.2, 0.25) is 0 Å². The van der Waals surface area contributed by atoms with E-state index in [4.69, 9.17) is 9.47 Å². The van der Waals surface area contributed by atoms with Gasteiger partial charge in [0, 0.05) is 38.9 Å². The normalized spacial score (nSPS) is 21.9. The standard InChI is InChI=1S/C21H26N4O5/c1-22-19-15(23-10-8-14(9-11-23)20-29-12-13-30-20)4-2-5-16(19)24(21(22)28)25-17(26)6-3-7-18(25)27/h2,4-5,14,20H,3,6-13H2,1H3. The van der Waals surface area contributed by atoms with Gasteiger partial charge in [-0.3, -0.25) is 14.2 Å². The van der Waals surface area contributed by atoms with Crippen molar-refractivity contribution in [3.8, 4) is 0 Å². The third kappa shape index (κ3) is 3.04. The van der Waals surface area contributed by atoms with E-state index in [1.54, 1.807) is 13.1 Å². The zero-order chi connectivity index (χ0) is 20.8. The highest BCUT2D eigenvalue weighted by molar-refractivity contribution is 6.11. The molecule has 30 heavy (non-hydrogen) atoms. The van der Waals surface area contributed by atoms with Gasteiger partial charge in [-0.1, -0.05) is 6.07 Å². The summed E-state index contributed by atoms with van der Waals surface area (Å²) in [5.41, 5.74) is 1.87. The molecule has 2 aromatic rings. The molecule has 1 aromatic heterocycles. The van der Waals surface area contributed by atoms with Crippen LogP contribution in [0.25, 0.3) is 11.0 Å². The number of imide groups is 1. The summed E-state index contributed by atoms with van der Waals surface area (Å²) < 4.78 is 14.1. The molecule has 9 nitrogen and oxygen atoms in total. The van der Waals surface area contributed by atoms with E-state index in [1.807, 2.05) is 12.1 Å². The van der Waals surface area contributed by atoms with Crippen molar-refractivity contribution in [1.82, 2.24) is 9.24 Å². The van der Waals surface area contributed by atoms with Crippen LogP contribution in [-0.4, -0.2) is 53.7 Å². The molecule has 0 saturated carbocycles. The molecule has 0 N–H and O–H groups in total. The topological polar surface area (TPSA) is 86.0 Å². The molecule has 0 radical (unpaired) electrons. The van der Waals surface area contributed by atoms with E-state index in [9.17, 15) is 14.4 Å². The molecule has 4 heterocycles. The SMILES string of the molecule is Cn1c(=O)n(N2C(=O)CCCC2=O)c2cccc(N3CCC(C4OCCO4)CC3)c21. The number of amides is 2. The van der Waals surface area contributed by atoms with Gasteiger partial charge in [-0.05, 0) is 31.4 Å². The van der Waals surface area contributed by atoms with Crippen molar-refractivity contribution in [2.45, 2.75) is 38.4 Å². The van der Waals surface area contributed by atoms with Crippen molar-refractivity contribution in [3.05, 3.63) is 28.7 Å². The van der Waals surface area contributed by atoms with Crippen molar-refractivity contribution < 1.29 is 19.1 Å². The molecule has 0 atom stereocenters. The molecule has 5 rings (SSSR count). The summed E-state index contributed by atoms with van der Waals surface area (Å²) >= 11 is 0. The summed E-state index contributed by atoms with van der Waals surface area (Å²) in [6, 6.07) is 5.67. The number of hydrogen-bond acceptors (Lipinski definition) is 6. The molecule has 2 amide bonds. The quantitative estimate of drug-likeness (QED) is 0.700. The Hall–Kier alpha value is -2.65. The van der Waals surface area contributed by atoms with Crippen molar-refractivity contribution in [2.75, 3.05) is 36.2 Å². The number of aromatic nitrogens is 2. The largest absolute Gasteiger partial charge is 0.370 e. The maximum atomic E-state index is 13.1. The fourth-order valence-electron chi connectivity index (χ4n) is 4.85. The highest BCUT2D eigenvalue weighted by Crippen LogP contribution is 2.32. The lowest BCUT2D eigenvalue weighted by molar-refractivity contribution is -0.131. The fraction of sp³-hybridized carbons (Fsp3) is 0.571. The summed E-state index contributed by atoms with van der Waals surface area (Å²) in [7, 11) is 1.69. The molecule has 0 spiro atoms. The van der Waals surface area contributed by atoms with Gasteiger partial charge in [0.1, 0.15) is 0 Å². The van der Waals surface area contributed by atoms with Crippen LogP contribution in [0.3, 0.4) is 0 Å². The second-order valence-corrected chi connectivity index (χ2v) is 8.19. The molecular weight excluding hydrogens is 388 g/mol. The summed E-state index contributed by atoms with van der Waals surface area (Å²) in [6.07, 6.45) is 2.85. The maximum Gasteiger partial charge on any atom is 0.348 e. The third-order valence-electron chi connectivity index (χ3n) is 6.39. The number of para-hydroxylation sites is 1. The van der Waals surface area contributed by atoms with Gasteiger partial charge in [-0.2, -0.15) is 9.69 Å². The highest BCUT2D eigenvalue weighted by Gasteiger charge is 2.34. The Balaban J connectivity index is 1.50. The van der Waals surface area contributed by atoms with Gasteiger partial charge in [-0.15, -0.1) is 0 Å². The smallest absolute Gasteiger partial charge is 0.348 e. The molecule has 0 bridgehead atoms. The van der Waals surface area contributed by atoms with Crippen LogP contribution >= 0.6 is 0 Å². The van der Waals surface area contributed by atoms with Gasteiger partial charge in [0.2, 0.25) is 11.8 Å². The minimum absolute atomic E-state index is 0.107. The first-order valence-corrected chi connectivity index (χ1v) is 10.6. The minimum atomic E-state index is -0.385. The Bertz CT molecular complexity index is 1030. The van der Waals surface area contributed by atoms with Crippen LogP contribution in [0.5, 0.6) is 0 Å². The lowest BCUT2D eigenvalue weighted by Gasteiger charge is -2.35. The van der Waals surface area contributed by atoms with Gasteiger partial charge in [0.15, 0.2) is 6.29 Å². The Labute approximate surface area is 173 Å². The number of hydrogen-bond donors (Lipinski definition) is 0. The number of anilines is 1. The number of carbonyl (C=O) groups excluding carboxylic acids is 2. The van der Waals surface area contributed by atoms with Crippen LogP contribution in [0, 0.1) is 5.92 Å². The van der Waals surface area contributed by atoms with E-state index in [2.05, 4.69) is 4.90 Å². The second kappa shape index (κ2) is 7.55. The molecule has 160 valence electrons. The molecule has 1 aromatic carbocycles. The van der Waals surface area contributed by atoms with E-state index in [0.29, 0.717) is 31.1 Å². The van der Waals surface area contributed by atoms with Crippen molar-refractivity contribution in [1.29, 1.82) is 0 Å². The maximum absolute atomic E-state index is 13.1. The number of carbonyl (C=O) groups is 2. The van der Waals surface area contributed by atoms with Gasteiger partial charge in [-0.25, -0.2) is 4.79 Å². The van der Waals surface area contributed by atoms with Crippen molar-refractivity contribution in [3.63, 3.8) is 0 Å². The molecule has 3 aliphatic rings. The van der Waals surface area contributed by atoms with E-state index in [0.717, 1.165) is 42.1 Å². The van der Waals surface area contributed by atoms with Gasteiger partial charge >= 0.3 is 5.69 Å². The minimum Gasteiger partial charge on any atom is -0.370 e. The zero-order valence-corrected chi connectivity index (χ0v) is 17.1. The predicted molar refractivity (Wildman–Crippen MR) is 110 cm³/mol. The van der Waals surface area contributed by atoms with Crippen LogP contribution in [-0.2, 0) is 26.1 Å². The van der Waals surface area contributed by atoms with Crippen LogP contribution in [0.4, 0.5) is 5.69 Å². The van der Waals surface area contributed by atoms with E-state index >= 15 is 0 Å². The number of imidazole rings is 1. The van der Waals surface area contributed by atoms with Crippen LogP contribution in [0.15, 0.2) is 23.0 Å². The lowest BCUT2D eigenvalue weighted by atomic mass is 9.95. The third-order valence-corrected chi connectivity index (χ3v) is 6.39. The van der Waals surface area contributed by atoms with Crippen LogP contribution < -0.4 is 15.6 Å². The van der Waals surface area contributed by atoms with Gasteiger partial charge in [0.05, 0.1) is 29.9 Å². The number of fused-ring (bicyclic) bond motifs is 1. The zero-order valence-electron chi connectivity index (χ0n) is 17.1. The molecule has 0 unspecified atom stereocenters.